The SMILES string of the molecule is CC(C)Oc1cccc(CC(=O)O)c1[N+](=O)[O-]. The molecule has 1 N–H and O–H groups in total. The number of rotatable bonds is 5. The second-order valence-electron chi connectivity index (χ2n) is 3.76. The number of hydrogen-bond acceptors (Lipinski definition) is 4. The molecule has 17 heavy (non-hydrogen) atoms. The van der Waals surface area contributed by atoms with Gasteiger partial charge in [-0.2, -0.15) is 0 Å². The van der Waals surface area contributed by atoms with E-state index in [9.17, 15) is 14.9 Å². The smallest absolute Gasteiger partial charge is 0.314 e. The van der Waals surface area contributed by atoms with Crippen molar-refractivity contribution in [1.29, 1.82) is 0 Å². The Kier molecular flexibility index (Phi) is 4.03. The first-order valence-electron chi connectivity index (χ1n) is 5.06. The van der Waals surface area contributed by atoms with E-state index >= 15 is 0 Å². The van der Waals surface area contributed by atoms with E-state index in [4.69, 9.17) is 9.84 Å². The maximum absolute atomic E-state index is 10.9. The number of aliphatic carboxylic acids is 1. The van der Waals surface area contributed by atoms with Gasteiger partial charge in [0.15, 0.2) is 5.75 Å². The van der Waals surface area contributed by atoms with Gasteiger partial charge in [0.1, 0.15) is 0 Å². The van der Waals surface area contributed by atoms with Gasteiger partial charge in [-0.15, -0.1) is 0 Å². The monoisotopic (exact) mass is 239 g/mol. The summed E-state index contributed by atoms with van der Waals surface area (Å²) in [4.78, 5) is 20.9. The molecule has 0 amide bonds. The summed E-state index contributed by atoms with van der Waals surface area (Å²) in [5.74, 6) is -1.02. The molecule has 0 aliphatic rings. The fraction of sp³-hybridized carbons (Fsp3) is 0.364. The lowest BCUT2D eigenvalue weighted by Crippen LogP contribution is -2.10. The minimum absolute atomic E-state index is 0.101. The second kappa shape index (κ2) is 5.29. The summed E-state index contributed by atoms with van der Waals surface area (Å²) >= 11 is 0. The van der Waals surface area contributed by atoms with Crippen LogP contribution in [0.1, 0.15) is 19.4 Å². The van der Waals surface area contributed by atoms with E-state index in [-0.39, 0.29) is 23.1 Å². The number of carbonyl (C=O) groups is 1. The third kappa shape index (κ3) is 3.44. The Morgan fingerprint density at radius 2 is 2.18 bits per heavy atom. The summed E-state index contributed by atoms with van der Waals surface area (Å²) in [7, 11) is 0. The Labute approximate surface area is 98.0 Å². The first-order valence-corrected chi connectivity index (χ1v) is 5.06. The molecule has 0 atom stereocenters. The minimum Gasteiger partial charge on any atom is -0.484 e. The van der Waals surface area contributed by atoms with Crippen molar-refractivity contribution in [2.75, 3.05) is 0 Å². The van der Waals surface area contributed by atoms with E-state index in [2.05, 4.69) is 0 Å². The van der Waals surface area contributed by atoms with Crippen LogP contribution in [0.3, 0.4) is 0 Å². The van der Waals surface area contributed by atoms with Gasteiger partial charge >= 0.3 is 11.7 Å². The van der Waals surface area contributed by atoms with Crippen LogP contribution in [0.15, 0.2) is 18.2 Å². The third-order valence-electron chi connectivity index (χ3n) is 1.97. The van der Waals surface area contributed by atoms with Crippen molar-refractivity contribution in [3.05, 3.63) is 33.9 Å². The number of nitro groups is 1. The van der Waals surface area contributed by atoms with Crippen LogP contribution in [0.2, 0.25) is 0 Å². The van der Waals surface area contributed by atoms with E-state index in [0.29, 0.717) is 0 Å². The molecule has 1 rings (SSSR count). The van der Waals surface area contributed by atoms with Crippen molar-refractivity contribution in [3.8, 4) is 5.75 Å². The molecule has 1 aromatic rings. The zero-order chi connectivity index (χ0) is 13.0. The molecule has 0 unspecified atom stereocenters. The number of nitrogens with zero attached hydrogens (tertiary/aromatic N) is 1. The van der Waals surface area contributed by atoms with Crippen LogP contribution in [0, 0.1) is 10.1 Å². The van der Waals surface area contributed by atoms with E-state index in [1.165, 1.54) is 12.1 Å². The molecular weight excluding hydrogens is 226 g/mol. The third-order valence-corrected chi connectivity index (χ3v) is 1.97. The molecule has 92 valence electrons. The normalized spacial score (nSPS) is 10.3. The lowest BCUT2D eigenvalue weighted by Gasteiger charge is -2.11. The predicted molar refractivity (Wildman–Crippen MR) is 60.2 cm³/mol. The Morgan fingerprint density at radius 1 is 1.53 bits per heavy atom. The molecule has 1 aromatic carbocycles. The lowest BCUT2D eigenvalue weighted by atomic mass is 10.1. The first kappa shape index (κ1) is 13.0. The Bertz CT molecular complexity index is 441. The van der Waals surface area contributed by atoms with Gasteiger partial charge in [0.05, 0.1) is 17.4 Å². The van der Waals surface area contributed by atoms with Crippen LogP contribution in [0.25, 0.3) is 0 Å². The lowest BCUT2D eigenvalue weighted by molar-refractivity contribution is -0.386. The zero-order valence-corrected chi connectivity index (χ0v) is 9.54. The van der Waals surface area contributed by atoms with Crippen molar-refractivity contribution in [3.63, 3.8) is 0 Å². The molecule has 0 radical (unpaired) electrons. The average molecular weight is 239 g/mol. The topological polar surface area (TPSA) is 89.7 Å². The first-order chi connectivity index (χ1) is 7.91. The Hall–Kier alpha value is -2.11. The van der Waals surface area contributed by atoms with Gasteiger partial charge in [-0.05, 0) is 19.9 Å². The summed E-state index contributed by atoms with van der Waals surface area (Å²) in [6, 6.07) is 4.42. The summed E-state index contributed by atoms with van der Waals surface area (Å²) < 4.78 is 5.29. The number of para-hydroxylation sites is 1. The molecule has 0 saturated carbocycles. The maximum Gasteiger partial charge on any atom is 0.314 e. The highest BCUT2D eigenvalue weighted by molar-refractivity contribution is 5.73. The predicted octanol–water partition coefficient (Wildman–Crippen LogP) is 2.01. The highest BCUT2D eigenvalue weighted by atomic mass is 16.6. The molecule has 0 spiro atoms. The van der Waals surface area contributed by atoms with E-state index < -0.39 is 17.3 Å². The molecule has 0 fully saturated rings. The molecule has 0 aliphatic heterocycles. The highest BCUT2D eigenvalue weighted by Gasteiger charge is 2.22. The van der Waals surface area contributed by atoms with E-state index in [0.717, 1.165) is 0 Å². The zero-order valence-electron chi connectivity index (χ0n) is 9.54. The highest BCUT2D eigenvalue weighted by Crippen LogP contribution is 2.31. The number of hydrogen-bond donors (Lipinski definition) is 1. The largest absolute Gasteiger partial charge is 0.484 e. The molecule has 0 heterocycles. The van der Waals surface area contributed by atoms with Crippen LogP contribution in [-0.4, -0.2) is 22.1 Å². The van der Waals surface area contributed by atoms with Crippen LogP contribution >= 0.6 is 0 Å². The van der Waals surface area contributed by atoms with Crippen molar-refractivity contribution in [2.45, 2.75) is 26.4 Å². The van der Waals surface area contributed by atoms with Gasteiger partial charge in [-0.1, -0.05) is 12.1 Å². The fourth-order valence-electron chi connectivity index (χ4n) is 1.43. The van der Waals surface area contributed by atoms with Crippen molar-refractivity contribution in [1.82, 2.24) is 0 Å². The molecule has 6 nitrogen and oxygen atoms in total. The van der Waals surface area contributed by atoms with Crippen LogP contribution in [0.4, 0.5) is 5.69 Å². The number of ether oxygens (including phenoxy) is 1. The number of carboxylic acid groups (broad SMARTS) is 1. The second-order valence-corrected chi connectivity index (χ2v) is 3.76. The van der Waals surface area contributed by atoms with Gasteiger partial charge in [0.25, 0.3) is 0 Å². The Balaban J connectivity index is 3.21. The van der Waals surface area contributed by atoms with Gasteiger partial charge in [0.2, 0.25) is 0 Å². The average Bonchev–Trinajstić information content (AvgIpc) is 2.14. The van der Waals surface area contributed by atoms with E-state index in [1.807, 2.05) is 0 Å². The molecule has 6 heteroatoms. The van der Waals surface area contributed by atoms with Gasteiger partial charge in [-0.3, -0.25) is 14.9 Å². The number of benzene rings is 1. The van der Waals surface area contributed by atoms with Gasteiger partial charge in [-0.25, -0.2) is 0 Å². The van der Waals surface area contributed by atoms with Crippen molar-refractivity contribution in [2.24, 2.45) is 0 Å². The van der Waals surface area contributed by atoms with Crippen molar-refractivity contribution < 1.29 is 19.6 Å². The number of carboxylic acids is 1. The maximum atomic E-state index is 10.9. The molecule has 0 aliphatic carbocycles. The van der Waals surface area contributed by atoms with Crippen LogP contribution < -0.4 is 4.74 Å². The fourth-order valence-corrected chi connectivity index (χ4v) is 1.43. The molecular formula is C11H13NO5. The standard InChI is InChI=1S/C11H13NO5/c1-7(2)17-9-5-3-4-8(6-10(13)14)11(9)12(15)16/h3-5,7H,6H2,1-2H3,(H,13,14). The number of nitro benzene ring substituents is 1. The Morgan fingerprint density at radius 3 is 2.65 bits per heavy atom. The quantitative estimate of drug-likeness (QED) is 0.627. The molecule has 0 saturated heterocycles. The molecule has 0 aromatic heterocycles. The summed E-state index contributed by atoms with van der Waals surface area (Å²) in [5.41, 5.74) is -0.135. The summed E-state index contributed by atoms with van der Waals surface area (Å²) in [6.45, 7) is 3.49. The van der Waals surface area contributed by atoms with Gasteiger partial charge in [0, 0.05) is 5.56 Å². The summed E-state index contributed by atoms with van der Waals surface area (Å²) in [5, 5.41) is 19.6. The van der Waals surface area contributed by atoms with Crippen LogP contribution in [0.5, 0.6) is 5.75 Å². The summed E-state index contributed by atoms with van der Waals surface area (Å²) in [6.07, 6.45) is -0.611. The van der Waals surface area contributed by atoms with Crippen LogP contribution in [-0.2, 0) is 11.2 Å². The van der Waals surface area contributed by atoms with Crippen molar-refractivity contribution >= 4 is 11.7 Å². The van der Waals surface area contributed by atoms with E-state index in [1.54, 1.807) is 19.9 Å². The molecule has 0 bridgehead atoms. The minimum atomic E-state index is -1.12. The van der Waals surface area contributed by atoms with Gasteiger partial charge < -0.3 is 9.84 Å².